The van der Waals surface area contributed by atoms with Crippen LogP contribution in [-0.2, 0) is 4.74 Å². The first-order valence-corrected chi connectivity index (χ1v) is 6.31. The van der Waals surface area contributed by atoms with Crippen molar-refractivity contribution in [3.8, 4) is 0 Å². The highest BCUT2D eigenvalue weighted by Gasteiger charge is 2.40. The lowest BCUT2D eigenvalue weighted by atomic mass is 10.1. The van der Waals surface area contributed by atoms with Gasteiger partial charge in [0.15, 0.2) is 0 Å². The molecule has 0 aromatic carbocycles. The van der Waals surface area contributed by atoms with Crippen LogP contribution >= 0.6 is 0 Å². The van der Waals surface area contributed by atoms with Gasteiger partial charge in [0.05, 0.1) is 29.6 Å². The Morgan fingerprint density at radius 3 is 3.00 bits per heavy atom. The van der Waals surface area contributed by atoms with Crippen molar-refractivity contribution in [1.82, 2.24) is 4.98 Å². The molecule has 0 amide bonds. The van der Waals surface area contributed by atoms with Crippen molar-refractivity contribution < 1.29 is 14.6 Å². The van der Waals surface area contributed by atoms with Gasteiger partial charge in [0.2, 0.25) is 0 Å². The van der Waals surface area contributed by atoms with Crippen LogP contribution in [0.1, 0.15) is 29.6 Å². The first-order valence-electron chi connectivity index (χ1n) is 6.31. The van der Waals surface area contributed by atoms with Crippen molar-refractivity contribution in [2.75, 3.05) is 11.9 Å². The predicted molar refractivity (Wildman–Crippen MR) is 65.7 cm³/mol. The second-order valence-electron chi connectivity index (χ2n) is 4.94. The van der Waals surface area contributed by atoms with Gasteiger partial charge in [0.1, 0.15) is 0 Å². The van der Waals surface area contributed by atoms with Crippen LogP contribution in [0.15, 0.2) is 18.5 Å². The highest BCUT2D eigenvalue weighted by atomic mass is 16.5. The lowest BCUT2D eigenvalue weighted by Crippen LogP contribution is -2.31. The fraction of sp³-hybridized carbons (Fsp3) is 0.538. The summed E-state index contributed by atoms with van der Waals surface area (Å²) in [7, 11) is 0. The molecule has 1 aliphatic carbocycles. The van der Waals surface area contributed by atoms with Crippen molar-refractivity contribution in [3.05, 3.63) is 24.0 Å². The fourth-order valence-electron chi connectivity index (χ4n) is 2.55. The number of aromatic nitrogens is 1. The van der Waals surface area contributed by atoms with Crippen molar-refractivity contribution in [2.24, 2.45) is 5.92 Å². The minimum absolute atomic E-state index is 0.208. The number of nitrogens with one attached hydrogen (secondary N) is 1. The van der Waals surface area contributed by atoms with E-state index in [0.717, 1.165) is 13.0 Å². The molecule has 2 aliphatic rings. The Morgan fingerprint density at radius 1 is 1.44 bits per heavy atom. The average Bonchev–Trinajstić information content (AvgIpc) is 3.11. The summed E-state index contributed by atoms with van der Waals surface area (Å²) in [5.74, 6) is -0.281. The Morgan fingerprint density at radius 2 is 2.28 bits per heavy atom. The number of hydrogen-bond acceptors (Lipinski definition) is 4. The van der Waals surface area contributed by atoms with Crippen LogP contribution < -0.4 is 5.32 Å². The predicted octanol–water partition coefficient (Wildman–Crippen LogP) is 1.76. The van der Waals surface area contributed by atoms with E-state index in [1.165, 1.54) is 25.1 Å². The normalized spacial score (nSPS) is 27.1. The van der Waals surface area contributed by atoms with E-state index >= 15 is 0 Å². The van der Waals surface area contributed by atoms with Gasteiger partial charge in [0.25, 0.3) is 0 Å². The van der Waals surface area contributed by atoms with Gasteiger partial charge in [-0.05, 0) is 31.2 Å². The highest BCUT2D eigenvalue weighted by Crippen LogP contribution is 2.39. The van der Waals surface area contributed by atoms with E-state index in [9.17, 15) is 4.79 Å². The fourth-order valence-corrected chi connectivity index (χ4v) is 2.55. The Kier molecular flexibility index (Phi) is 2.91. The lowest BCUT2D eigenvalue weighted by Gasteiger charge is -2.21. The van der Waals surface area contributed by atoms with E-state index in [0.29, 0.717) is 11.6 Å². The van der Waals surface area contributed by atoms with E-state index in [-0.39, 0.29) is 17.7 Å². The number of ether oxygens (including phenoxy) is 1. The molecular weight excluding hydrogens is 232 g/mol. The van der Waals surface area contributed by atoms with E-state index in [4.69, 9.17) is 9.84 Å². The standard InChI is InChI=1S/C13H16N2O3/c16-13(17)9-3-5-14-7-11(9)15-10-4-6-18-12(10)8-1-2-8/h3,5,7-8,10,12,15H,1-2,4,6H2,(H,16,17). The quantitative estimate of drug-likeness (QED) is 0.849. The molecule has 1 aromatic rings. The first-order chi connectivity index (χ1) is 8.75. The van der Waals surface area contributed by atoms with Gasteiger partial charge in [-0.1, -0.05) is 0 Å². The van der Waals surface area contributed by atoms with E-state index in [2.05, 4.69) is 10.3 Å². The van der Waals surface area contributed by atoms with Crippen LogP contribution in [0.25, 0.3) is 0 Å². The van der Waals surface area contributed by atoms with Gasteiger partial charge in [0, 0.05) is 12.8 Å². The zero-order valence-electron chi connectivity index (χ0n) is 10.0. The number of pyridine rings is 1. The van der Waals surface area contributed by atoms with Crippen LogP contribution in [-0.4, -0.2) is 34.8 Å². The second kappa shape index (κ2) is 4.57. The van der Waals surface area contributed by atoms with Crippen LogP contribution in [0.5, 0.6) is 0 Å². The molecular formula is C13H16N2O3. The zero-order valence-corrected chi connectivity index (χ0v) is 10.0. The molecule has 3 rings (SSSR count). The molecule has 2 atom stereocenters. The van der Waals surface area contributed by atoms with E-state index < -0.39 is 5.97 Å². The van der Waals surface area contributed by atoms with Gasteiger partial charge >= 0.3 is 5.97 Å². The molecule has 5 heteroatoms. The van der Waals surface area contributed by atoms with Crippen LogP contribution in [0.2, 0.25) is 0 Å². The number of hydrogen-bond donors (Lipinski definition) is 2. The van der Waals surface area contributed by atoms with Crippen molar-refractivity contribution in [2.45, 2.75) is 31.4 Å². The summed E-state index contributed by atoms with van der Waals surface area (Å²) in [6, 6.07) is 1.73. The van der Waals surface area contributed by atoms with Gasteiger partial charge in [-0.2, -0.15) is 0 Å². The summed E-state index contributed by atoms with van der Waals surface area (Å²) in [6.07, 6.45) is 6.68. The number of carboxylic acid groups (broad SMARTS) is 1. The molecule has 1 saturated heterocycles. The molecule has 5 nitrogen and oxygen atoms in total. The largest absolute Gasteiger partial charge is 0.478 e. The molecule has 1 aromatic heterocycles. The first kappa shape index (κ1) is 11.5. The SMILES string of the molecule is O=C(O)c1ccncc1NC1CCOC1C1CC1. The molecule has 2 N–H and O–H groups in total. The molecule has 0 radical (unpaired) electrons. The van der Waals surface area contributed by atoms with Crippen LogP contribution in [0, 0.1) is 5.92 Å². The number of carbonyl (C=O) groups is 1. The van der Waals surface area contributed by atoms with E-state index in [1.54, 1.807) is 6.20 Å². The zero-order chi connectivity index (χ0) is 12.5. The van der Waals surface area contributed by atoms with Crippen LogP contribution in [0.3, 0.4) is 0 Å². The monoisotopic (exact) mass is 248 g/mol. The molecule has 2 unspecified atom stereocenters. The number of anilines is 1. The number of carboxylic acids is 1. The Balaban J connectivity index is 1.77. The summed E-state index contributed by atoms with van der Waals surface area (Å²) in [5.41, 5.74) is 0.859. The summed E-state index contributed by atoms with van der Waals surface area (Å²) in [6.45, 7) is 0.751. The smallest absolute Gasteiger partial charge is 0.337 e. The summed E-state index contributed by atoms with van der Waals surface area (Å²) < 4.78 is 5.73. The van der Waals surface area contributed by atoms with Gasteiger partial charge in [-0.3, -0.25) is 4.98 Å². The minimum atomic E-state index is -0.929. The van der Waals surface area contributed by atoms with Crippen molar-refractivity contribution in [1.29, 1.82) is 0 Å². The third-order valence-corrected chi connectivity index (χ3v) is 3.61. The minimum Gasteiger partial charge on any atom is -0.478 e. The van der Waals surface area contributed by atoms with Gasteiger partial charge in [-0.15, -0.1) is 0 Å². The lowest BCUT2D eigenvalue weighted by molar-refractivity contribution is 0.0697. The number of nitrogens with zero attached hydrogens (tertiary/aromatic N) is 1. The summed E-state index contributed by atoms with van der Waals surface area (Å²) in [4.78, 5) is 15.1. The second-order valence-corrected chi connectivity index (χ2v) is 4.94. The van der Waals surface area contributed by atoms with Gasteiger partial charge in [-0.25, -0.2) is 4.79 Å². The summed E-state index contributed by atoms with van der Waals surface area (Å²) in [5, 5.41) is 12.4. The van der Waals surface area contributed by atoms with Crippen molar-refractivity contribution in [3.63, 3.8) is 0 Å². The topological polar surface area (TPSA) is 71.5 Å². The molecule has 2 heterocycles. The highest BCUT2D eigenvalue weighted by molar-refractivity contribution is 5.93. The molecule has 2 fully saturated rings. The Hall–Kier alpha value is -1.62. The molecule has 1 aliphatic heterocycles. The molecule has 0 bridgehead atoms. The van der Waals surface area contributed by atoms with E-state index in [1.807, 2.05) is 0 Å². The maximum absolute atomic E-state index is 11.1. The maximum Gasteiger partial charge on any atom is 0.337 e. The number of aromatic carboxylic acids is 1. The van der Waals surface area contributed by atoms with Crippen molar-refractivity contribution >= 4 is 11.7 Å². The number of rotatable bonds is 4. The Bertz CT molecular complexity index is 459. The molecule has 18 heavy (non-hydrogen) atoms. The Labute approximate surface area is 105 Å². The summed E-state index contributed by atoms with van der Waals surface area (Å²) >= 11 is 0. The third kappa shape index (κ3) is 2.18. The maximum atomic E-state index is 11.1. The van der Waals surface area contributed by atoms with Crippen LogP contribution in [0.4, 0.5) is 5.69 Å². The molecule has 96 valence electrons. The van der Waals surface area contributed by atoms with Gasteiger partial charge < -0.3 is 15.2 Å². The average molecular weight is 248 g/mol. The molecule has 1 saturated carbocycles. The third-order valence-electron chi connectivity index (χ3n) is 3.61. The molecule has 0 spiro atoms.